The van der Waals surface area contributed by atoms with E-state index in [0.717, 1.165) is 31.5 Å². The molecule has 0 radical (unpaired) electrons. The monoisotopic (exact) mass is 258 g/mol. The minimum absolute atomic E-state index is 0.0302. The quantitative estimate of drug-likeness (QED) is 0.782. The summed E-state index contributed by atoms with van der Waals surface area (Å²) in [5.74, 6) is 0.0302. The SMILES string of the molecule is CNC(=O)C1CCCCN1c1ccc(C#N)c(N)c1. The number of benzene rings is 1. The molecule has 0 aliphatic carbocycles. The zero-order valence-corrected chi connectivity index (χ0v) is 11.0. The van der Waals surface area contributed by atoms with Crippen molar-refractivity contribution in [3.8, 4) is 6.07 Å². The van der Waals surface area contributed by atoms with Crippen LogP contribution in [0.2, 0.25) is 0 Å². The Bertz CT molecular complexity index is 521. The molecular formula is C14H18N4O. The van der Waals surface area contributed by atoms with Gasteiger partial charge in [0.25, 0.3) is 0 Å². The van der Waals surface area contributed by atoms with Crippen molar-refractivity contribution >= 4 is 17.3 Å². The number of nitriles is 1. The maximum Gasteiger partial charge on any atom is 0.242 e. The Morgan fingerprint density at radius 3 is 2.95 bits per heavy atom. The summed E-state index contributed by atoms with van der Waals surface area (Å²) < 4.78 is 0. The van der Waals surface area contributed by atoms with Crippen LogP contribution in [0.3, 0.4) is 0 Å². The van der Waals surface area contributed by atoms with Crippen molar-refractivity contribution in [2.24, 2.45) is 0 Å². The zero-order valence-electron chi connectivity index (χ0n) is 11.0. The summed E-state index contributed by atoms with van der Waals surface area (Å²) in [6.07, 6.45) is 2.97. The Labute approximate surface area is 113 Å². The summed E-state index contributed by atoms with van der Waals surface area (Å²) in [5, 5.41) is 11.6. The highest BCUT2D eigenvalue weighted by molar-refractivity contribution is 5.85. The van der Waals surface area contributed by atoms with Crippen molar-refractivity contribution in [2.45, 2.75) is 25.3 Å². The highest BCUT2D eigenvalue weighted by Gasteiger charge is 2.28. The smallest absolute Gasteiger partial charge is 0.242 e. The van der Waals surface area contributed by atoms with Crippen LogP contribution >= 0.6 is 0 Å². The summed E-state index contributed by atoms with van der Waals surface area (Å²) in [4.78, 5) is 14.0. The molecule has 1 unspecified atom stereocenters. The Morgan fingerprint density at radius 1 is 1.53 bits per heavy atom. The predicted molar refractivity (Wildman–Crippen MR) is 74.6 cm³/mol. The predicted octanol–water partition coefficient (Wildman–Crippen LogP) is 1.25. The molecule has 1 aliphatic rings. The fraction of sp³-hybridized carbons (Fsp3) is 0.429. The summed E-state index contributed by atoms with van der Waals surface area (Å²) in [7, 11) is 1.66. The maximum absolute atomic E-state index is 11.9. The Morgan fingerprint density at radius 2 is 2.32 bits per heavy atom. The molecule has 1 amide bonds. The fourth-order valence-electron chi connectivity index (χ4n) is 2.51. The minimum atomic E-state index is -0.147. The van der Waals surface area contributed by atoms with Crippen molar-refractivity contribution in [1.82, 2.24) is 5.32 Å². The second kappa shape index (κ2) is 5.61. The van der Waals surface area contributed by atoms with Gasteiger partial charge in [0.15, 0.2) is 0 Å². The van der Waals surface area contributed by atoms with Crippen LogP contribution in [0.5, 0.6) is 0 Å². The molecule has 1 aromatic carbocycles. The first kappa shape index (κ1) is 13.2. The van der Waals surface area contributed by atoms with Crippen LogP contribution in [0.4, 0.5) is 11.4 Å². The molecule has 0 aromatic heterocycles. The van der Waals surface area contributed by atoms with Crippen molar-refractivity contribution in [1.29, 1.82) is 5.26 Å². The molecule has 1 saturated heterocycles. The summed E-state index contributed by atoms with van der Waals surface area (Å²) in [5.41, 5.74) is 7.68. The minimum Gasteiger partial charge on any atom is -0.398 e. The highest BCUT2D eigenvalue weighted by atomic mass is 16.2. The third-order valence-corrected chi connectivity index (χ3v) is 3.54. The van der Waals surface area contributed by atoms with E-state index in [1.807, 2.05) is 12.1 Å². The lowest BCUT2D eigenvalue weighted by Crippen LogP contribution is -2.48. The van der Waals surface area contributed by atoms with Crippen molar-refractivity contribution in [3.05, 3.63) is 23.8 Å². The van der Waals surface area contributed by atoms with Gasteiger partial charge in [-0.1, -0.05) is 0 Å². The maximum atomic E-state index is 11.9. The van der Waals surface area contributed by atoms with E-state index in [4.69, 9.17) is 11.0 Å². The highest BCUT2D eigenvalue weighted by Crippen LogP contribution is 2.27. The molecule has 0 bridgehead atoms. The molecule has 1 fully saturated rings. The summed E-state index contributed by atoms with van der Waals surface area (Å²) in [6, 6.07) is 7.24. The van der Waals surface area contributed by atoms with E-state index in [0.29, 0.717) is 11.3 Å². The van der Waals surface area contributed by atoms with Crippen molar-refractivity contribution in [2.75, 3.05) is 24.2 Å². The van der Waals surface area contributed by atoms with Crippen LogP contribution in [0.25, 0.3) is 0 Å². The first-order valence-corrected chi connectivity index (χ1v) is 6.45. The van der Waals surface area contributed by atoms with Crippen molar-refractivity contribution in [3.63, 3.8) is 0 Å². The number of nitrogens with two attached hydrogens (primary N) is 1. The van der Waals surface area contributed by atoms with E-state index in [2.05, 4.69) is 10.2 Å². The van der Waals surface area contributed by atoms with Gasteiger partial charge in [-0.15, -0.1) is 0 Å². The summed E-state index contributed by atoms with van der Waals surface area (Å²) >= 11 is 0. The van der Waals surface area contributed by atoms with Crippen LogP contribution in [-0.2, 0) is 4.79 Å². The number of nitrogens with one attached hydrogen (secondary N) is 1. The Kier molecular flexibility index (Phi) is 3.91. The van der Waals surface area contributed by atoms with E-state index in [-0.39, 0.29) is 11.9 Å². The first-order chi connectivity index (χ1) is 9.17. The van der Waals surface area contributed by atoms with Crippen LogP contribution in [0.15, 0.2) is 18.2 Å². The molecule has 1 aliphatic heterocycles. The van der Waals surface area contributed by atoms with Gasteiger partial charge in [-0.25, -0.2) is 0 Å². The average Bonchev–Trinajstić information content (AvgIpc) is 2.46. The van der Waals surface area contributed by atoms with E-state index in [1.54, 1.807) is 19.2 Å². The molecule has 1 aromatic rings. The number of anilines is 2. The molecule has 19 heavy (non-hydrogen) atoms. The standard InChI is InChI=1S/C14H18N4O/c1-17-14(19)13-4-2-3-7-18(13)11-6-5-10(9-15)12(16)8-11/h5-6,8,13H,2-4,7,16H2,1H3,(H,17,19). The summed E-state index contributed by atoms with van der Waals surface area (Å²) in [6.45, 7) is 0.837. The van der Waals surface area contributed by atoms with Gasteiger partial charge >= 0.3 is 0 Å². The molecule has 1 atom stereocenters. The largest absolute Gasteiger partial charge is 0.398 e. The number of nitrogen functional groups attached to an aromatic ring is 1. The van der Waals surface area contributed by atoms with Gasteiger partial charge in [0.1, 0.15) is 12.1 Å². The molecule has 100 valence electrons. The van der Waals surface area contributed by atoms with Crippen LogP contribution in [0, 0.1) is 11.3 Å². The molecule has 0 spiro atoms. The molecule has 5 nitrogen and oxygen atoms in total. The molecule has 2 rings (SSSR count). The number of hydrogen-bond donors (Lipinski definition) is 2. The second-order valence-electron chi connectivity index (χ2n) is 4.70. The molecular weight excluding hydrogens is 240 g/mol. The van der Waals surface area contributed by atoms with Gasteiger partial charge in [0.05, 0.1) is 11.3 Å². The zero-order chi connectivity index (χ0) is 13.8. The number of nitrogens with zero attached hydrogens (tertiary/aromatic N) is 2. The topological polar surface area (TPSA) is 82.2 Å². The lowest BCUT2D eigenvalue weighted by molar-refractivity contribution is -0.122. The fourth-order valence-corrected chi connectivity index (χ4v) is 2.51. The third kappa shape index (κ3) is 2.63. The molecule has 0 saturated carbocycles. The van der Waals surface area contributed by atoms with Crippen molar-refractivity contribution < 1.29 is 4.79 Å². The Hall–Kier alpha value is -2.22. The Balaban J connectivity index is 2.30. The van der Waals surface area contributed by atoms with Gasteiger partial charge in [0.2, 0.25) is 5.91 Å². The molecule has 1 heterocycles. The van der Waals surface area contributed by atoms with E-state index in [9.17, 15) is 4.79 Å². The van der Waals surface area contributed by atoms with Crippen LogP contribution in [0.1, 0.15) is 24.8 Å². The van der Waals surface area contributed by atoms with Crippen LogP contribution < -0.4 is 16.0 Å². The normalized spacial score (nSPS) is 18.7. The number of likely N-dealkylation sites (N-methyl/N-ethyl adjacent to an activating group) is 1. The van der Waals surface area contributed by atoms with Gasteiger partial charge in [-0.2, -0.15) is 5.26 Å². The molecule has 3 N–H and O–H groups in total. The van der Waals surface area contributed by atoms with E-state index in [1.165, 1.54) is 0 Å². The second-order valence-corrected chi connectivity index (χ2v) is 4.70. The average molecular weight is 258 g/mol. The number of piperidine rings is 1. The number of carbonyl (C=O) groups is 1. The van der Waals surface area contributed by atoms with E-state index < -0.39 is 0 Å². The lowest BCUT2D eigenvalue weighted by Gasteiger charge is -2.36. The number of amides is 1. The third-order valence-electron chi connectivity index (χ3n) is 3.54. The van der Waals surface area contributed by atoms with Crippen LogP contribution in [-0.4, -0.2) is 25.5 Å². The number of rotatable bonds is 2. The first-order valence-electron chi connectivity index (χ1n) is 6.45. The van der Waals surface area contributed by atoms with Gasteiger partial charge in [-0.05, 0) is 37.5 Å². The van der Waals surface area contributed by atoms with E-state index >= 15 is 0 Å². The lowest BCUT2D eigenvalue weighted by atomic mass is 10.00. The van der Waals surface area contributed by atoms with Gasteiger partial charge in [-0.3, -0.25) is 4.79 Å². The number of hydrogen-bond acceptors (Lipinski definition) is 4. The molecule has 5 heteroatoms. The van der Waals surface area contributed by atoms with Gasteiger partial charge in [0, 0.05) is 19.3 Å². The number of carbonyl (C=O) groups excluding carboxylic acids is 1. The van der Waals surface area contributed by atoms with Gasteiger partial charge < -0.3 is 16.0 Å².